The van der Waals surface area contributed by atoms with E-state index in [-0.39, 0.29) is 17.9 Å². The number of benzene rings is 1. The van der Waals surface area contributed by atoms with Gasteiger partial charge in [-0.05, 0) is 24.1 Å². The highest BCUT2D eigenvalue weighted by atomic mass is 79.9. The van der Waals surface area contributed by atoms with Crippen molar-refractivity contribution in [3.8, 4) is 5.75 Å². The van der Waals surface area contributed by atoms with Gasteiger partial charge in [-0.2, -0.15) is 0 Å². The Morgan fingerprint density at radius 2 is 2.30 bits per heavy atom. The molecule has 1 heterocycles. The summed E-state index contributed by atoms with van der Waals surface area (Å²) in [5.41, 5.74) is 0.834. The third-order valence-electron chi connectivity index (χ3n) is 3.22. The van der Waals surface area contributed by atoms with E-state index in [1.165, 1.54) is 12.1 Å². The van der Waals surface area contributed by atoms with E-state index in [1.54, 1.807) is 6.08 Å². The lowest BCUT2D eigenvalue weighted by Gasteiger charge is -2.28. The molecule has 1 amide bonds. The van der Waals surface area contributed by atoms with Crippen LogP contribution < -0.4 is 5.32 Å². The van der Waals surface area contributed by atoms with Gasteiger partial charge in [0.25, 0.3) is 5.91 Å². The highest BCUT2D eigenvalue weighted by Gasteiger charge is 2.26. The molecule has 0 spiro atoms. The summed E-state index contributed by atoms with van der Waals surface area (Å²) in [6, 6.07) is 2.52. The van der Waals surface area contributed by atoms with Crippen molar-refractivity contribution in [2.45, 2.75) is 18.6 Å². The van der Waals surface area contributed by atoms with Crippen LogP contribution in [-0.4, -0.2) is 41.5 Å². The van der Waals surface area contributed by atoms with Crippen LogP contribution in [0, 0.1) is 0 Å². The average molecular weight is 342 g/mol. The largest absolute Gasteiger partial charge is 0.507 e. The molecule has 0 bridgehead atoms. The minimum absolute atomic E-state index is 0.133. The number of aliphatic hydroxyl groups excluding tert-OH is 1. The van der Waals surface area contributed by atoms with Crippen LogP contribution in [0.1, 0.15) is 22.3 Å². The van der Waals surface area contributed by atoms with Crippen LogP contribution in [0.25, 0.3) is 6.08 Å². The van der Waals surface area contributed by atoms with E-state index in [0.29, 0.717) is 23.1 Å². The number of carbonyl (C=O) groups is 1. The highest BCUT2D eigenvalue weighted by molar-refractivity contribution is 9.10. The van der Waals surface area contributed by atoms with E-state index in [1.807, 2.05) is 0 Å². The van der Waals surface area contributed by atoms with Gasteiger partial charge < -0.3 is 20.3 Å². The molecule has 5 nitrogen and oxygen atoms in total. The Hall–Kier alpha value is -1.37. The molecule has 2 atom stereocenters. The first kappa shape index (κ1) is 15.0. The summed E-state index contributed by atoms with van der Waals surface area (Å²) >= 11 is 3.31. The van der Waals surface area contributed by atoms with Crippen LogP contribution in [0.15, 0.2) is 23.2 Å². The molecule has 0 radical (unpaired) electrons. The van der Waals surface area contributed by atoms with Gasteiger partial charge in [0.05, 0.1) is 24.3 Å². The maximum absolute atomic E-state index is 12.1. The lowest BCUT2D eigenvalue weighted by molar-refractivity contribution is -0.0140. The Morgan fingerprint density at radius 1 is 1.55 bits per heavy atom. The number of rotatable bonds is 3. The van der Waals surface area contributed by atoms with Gasteiger partial charge in [-0.3, -0.25) is 4.79 Å². The van der Waals surface area contributed by atoms with Crippen molar-refractivity contribution >= 4 is 27.9 Å². The van der Waals surface area contributed by atoms with Crippen molar-refractivity contribution in [3.63, 3.8) is 0 Å². The molecule has 1 aromatic carbocycles. The Bertz CT molecular complexity index is 532. The smallest absolute Gasteiger partial charge is 0.255 e. The fourth-order valence-electron chi connectivity index (χ4n) is 2.03. The SMILES string of the molecule is C=Cc1cc(O)c(C(=O)N[C@H]2COCC[C@@H]2O)cc1Br. The van der Waals surface area contributed by atoms with Crippen LogP contribution in [0.3, 0.4) is 0 Å². The lowest BCUT2D eigenvalue weighted by atomic mass is 10.1. The van der Waals surface area contributed by atoms with Gasteiger partial charge in [0.2, 0.25) is 0 Å². The van der Waals surface area contributed by atoms with Crippen LogP contribution in [0.5, 0.6) is 5.75 Å². The molecule has 108 valence electrons. The van der Waals surface area contributed by atoms with Crippen molar-refractivity contribution < 1.29 is 19.7 Å². The van der Waals surface area contributed by atoms with E-state index < -0.39 is 18.1 Å². The van der Waals surface area contributed by atoms with Gasteiger partial charge in [-0.1, -0.05) is 28.6 Å². The van der Waals surface area contributed by atoms with E-state index >= 15 is 0 Å². The normalized spacial score (nSPS) is 22.3. The van der Waals surface area contributed by atoms with Crippen LogP contribution in [-0.2, 0) is 4.74 Å². The zero-order chi connectivity index (χ0) is 14.7. The van der Waals surface area contributed by atoms with E-state index in [4.69, 9.17) is 4.74 Å². The molecule has 0 aromatic heterocycles. The zero-order valence-corrected chi connectivity index (χ0v) is 12.4. The standard InChI is InChI=1S/C14H16BrNO4/c1-2-8-5-13(18)9(6-10(8)15)14(19)16-11-7-20-4-3-12(11)17/h2,5-6,11-12,17-18H,1,3-4,7H2,(H,16,19)/t11-,12-/m0/s1. The van der Waals surface area contributed by atoms with Crippen molar-refractivity contribution in [3.05, 3.63) is 34.3 Å². The molecule has 0 saturated carbocycles. The minimum Gasteiger partial charge on any atom is -0.507 e. The number of phenols is 1. The molecule has 0 unspecified atom stereocenters. The molecule has 1 aliphatic heterocycles. The summed E-state index contributed by atoms with van der Waals surface area (Å²) in [5, 5.41) is 22.4. The Kier molecular flexibility index (Phi) is 4.80. The third kappa shape index (κ3) is 3.20. The number of amides is 1. The maximum atomic E-state index is 12.1. The highest BCUT2D eigenvalue weighted by Crippen LogP contribution is 2.27. The van der Waals surface area contributed by atoms with Crippen molar-refractivity contribution in [1.29, 1.82) is 0 Å². The number of hydrogen-bond donors (Lipinski definition) is 3. The average Bonchev–Trinajstić information content (AvgIpc) is 2.43. The van der Waals surface area contributed by atoms with Crippen LogP contribution >= 0.6 is 15.9 Å². The van der Waals surface area contributed by atoms with Gasteiger partial charge in [0.15, 0.2) is 0 Å². The predicted octanol–water partition coefficient (Wildman–Crippen LogP) is 1.68. The molecule has 6 heteroatoms. The third-order valence-corrected chi connectivity index (χ3v) is 3.90. The number of nitrogens with one attached hydrogen (secondary N) is 1. The number of hydrogen-bond acceptors (Lipinski definition) is 4. The van der Waals surface area contributed by atoms with Gasteiger partial charge in [0.1, 0.15) is 5.75 Å². The number of aromatic hydroxyl groups is 1. The van der Waals surface area contributed by atoms with E-state index in [2.05, 4.69) is 27.8 Å². The molecular weight excluding hydrogens is 326 g/mol. The fourth-order valence-corrected chi connectivity index (χ4v) is 2.53. The van der Waals surface area contributed by atoms with Crippen molar-refractivity contribution in [2.24, 2.45) is 0 Å². The number of aliphatic hydroxyl groups is 1. The number of halogens is 1. The molecule has 1 aromatic rings. The first-order chi connectivity index (χ1) is 9.52. The number of phenolic OH excluding ortho intramolecular Hbond substituents is 1. The summed E-state index contributed by atoms with van der Waals surface area (Å²) in [6.07, 6.45) is 1.42. The van der Waals surface area contributed by atoms with Gasteiger partial charge in [0, 0.05) is 11.1 Å². The fraction of sp³-hybridized carbons (Fsp3) is 0.357. The summed E-state index contributed by atoms with van der Waals surface area (Å²) in [7, 11) is 0. The molecular formula is C14H16BrNO4. The second-order valence-corrected chi connectivity index (χ2v) is 5.46. The van der Waals surface area contributed by atoms with Crippen LogP contribution in [0.4, 0.5) is 0 Å². The van der Waals surface area contributed by atoms with Crippen molar-refractivity contribution in [2.75, 3.05) is 13.2 Å². The first-order valence-electron chi connectivity index (χ1n) is 6.24. The molecule has 1 aliphatic rings. The lowest BCUT2D eigenvalue weighted by Crippen LogP contribution is -2.49. The molecule has 2 rings (SSSR count). The van der Waals surface area contributed by atoms with Crippen molar-refractivity contribution in [1.82, 2.24) is 5.32 Å². The summed E-state index contributed by atoms with van der Waals surface area (Å²) < 4.78 is 5.88. The quantitative estimate of drug-likeness (QED) is 0.781. The van der Waals surface area contributed by atoms with Gasteiger partial charge in [-0.15, -0.1) is 0 Å². The summed E-state index contributed by atoms with van der Waals surface area (Å²) in [4.78, 5) is 12.1. The monoisotopic (exact) mass is 341 g/mol. The van der Waals surface area contributed by atoms with Crippen LogP contribution in [0.2, 0.25) is 0 Å². The number of ether oxygens (including phenoxy) is 1. The molecule has 1 saturated heterocycles. The molecule has 20 heavy (non-hydrogen) atoms. The molecule has 0 aliphatic carbocycles. The molecule has 3 N–H and O–H groups in total. The predicted molar refractivity (Wildman–Crippen MR) is 78.6 cm³/mol. The number of carbonyl (C=O) groups excluding carboxylic acids is 1. The molecule has 1 fully saturated rings. The Balaban J connectivity index is 2.16. The van der Waals surface area contributed by atoms with Gasteiger partial charge >= 0.3 is 0 Å². The topological polar surface area (TPSA) is 78.8 Å². The maximum Gasteiger partial charge on any atom is 0.255 e. The van der Waals surface area contributed by atoms with E-state index in [9.17, 15) is 15.0 Å². The van der Waals surface area contributed by atoms with Gasteiger partial charge in [-0.25, -0.2) is 0 Å². The minimum atomic E-state index is -0.634. The summed E-state index contributed by atoms with van der Waals surface area (Å²) in [6.45, 7) is 4.37. The second kappa shape index (κ2) is 6.39. The van der Waals surface area contributed by atoms with E-state index in [0.717, 1.165) is 0 Å². The second-order valence-electron chi connectivity index (χ2n) is 4.61. The first-order valence-corrected chi connectivity index (χ1v) is 7.04. The zero-order valence-electron chi connectivity index (χ0n) is 10.8. The Morgan fingerprint density at radius 3 is 2.95 bits per heavy atom. The summed E-state index contributed by atoms with van der Waals surface area (Å²) in [5.74, 6) is -0.583. The Labute approximate surface area is 125 Å².